The molecule has 3 N–H and O–H groups in total. The summed E-state index contributed by atoms with van der Waals surface area (Å²) in [6.07, 6.45) is 1.29. The molecule has 1 amide bonds. The highest BCUT2D eigenvalue weighted by molar-refractivity contribution is 5.67. The highest BCUT2D eigenvalue weighted by Gasteiger charge is 2.15. The summed E-state index contributed by atoms with van der Waals surface area (Å²) >= 11 is 0. The Morgan fingerprint density at radius 3 is 2.55 bits per heavy atom. The van der Waals surface area contributed by atoms with Gasteiger partial charge in [0.25, 0.3) is 0 Å². The van der Waals surface area contributed by atoms with Crippen molar-refractivity contribution in [1.82, 2.24) is 10.6 Å². The first-order valence-electron chi connectivity index (χ1n) is 7.81. The number of aromatic hydroxyl groups is 1. The average molecular weight is 308 g/mol. The standard InChI is InChI=1S/C17H28N2O3/c1-5-14(13-9-6-7-10-15(13)20)18-11-8-12-19-16(21)22-17(2,3)4/h6-7,9-10,14,18,20H,5,8,11-12H2,1-4H3,(H,19,21). The van der Waals surface area contributed by atoms with Crippen molar-refractivity contribution in [2.75, 3.05) is 13.1 Å². The number of phenolic OH excluding ortho intramolecular Hbond substituents is 1. The van der Waals surface area contributed by atoms with Gasteiger partial charge in [-0.15, -0.1) is 0 Å². The molecule has 0 saturated heterocycles. The van der Waals surface area contributed by atoms with Crippen molar-refractivity contribution in [3.63, 3.8) is 0 Å². The predicted octanol–water partition coefficient (Wildman–Crippen LogP) is 3.35. The Balaban J connectivity index is 2.29. The lowest BCUT2D eigenvalue weighted by Gasteiger charge is -2.20. The number of hydrogen-bond donors (Lipinski definition) is 3. The molecule has 1 aromatic rings. The number of ether oxygens (including phenoxy) is 1. The maximum Gasteiger partial charge on any atom is 0.407 e. The van der Waals surface area contributed by atoms with Crippen LogP contribution in [0.2, 0.25) is 0 Å². The van der Waals surface area contributed by atoms with Crippen molar-refractivity contribution in [3.8, 4) is 5.75 Å². The van der Waals surface area contributed by atoms with Crippen molar-refractivity contribution in [3.05, 3.63) is 29.8 Å². The molecule has 5 heteroatoms. The van der Waals surface area contributed by atoms with Gasteiger partial charge in [-0.05, 0) is 46.2 Å². The molecule has 0 bridgehead atoms. The first kappa shape index (κ1) is 18.3. The molecule has 0 aliphatic rings. The summed E-state index contributed by atoms with van der Waals surface area (Å²) in [5, 5.41) is 16.0. The van der Waals surface area contributed by atoms with Crippen LogP contribution in [0.4, 0.5) is 4.79 Å². The van der Waals surface area contributed by atoms with E-state index in [1.807, 2.05) is 39.0 Å². The Labute approximate surface area is 133 Å². The maximum atomic E-state index is 11.5. The lowest BCUT2D eigenvalue weighted by atomic mass is 10.0. The monoisotopic (exact) mass is 308 g/mol. The fourth-order valence-electron chi connectivity index (χ4n) is 2.13. The molecule has 1 atom stereocenters. The second-order valence-electron chi connectivity index (χ2n) is 6.26. The molecular formula is C17H28N2O3. The maximum absolute atomic E-state index is 11.5. The summed E-state index contributed by atoms with van der Waals surface area (Å²) < 4.78 is 5.17. The van der Waals surface area contributed by atoms with Gasteiger partial charge in [-0.2, -0.15) is 0 Å². The number of carbonyl (C=O) groups is 1. The van der Waals surface area contributed by atoms with Crippen molar-refractivity contribution in [2.45, 2.75) is 52.2 Å². The minimum absolute atomic E-state index is 0.114. The number of para-hydroxylation sites is 1. The van der Waals surface area contributed by atoms with E-state index >= 15 is 0 Å². The zero-order chi connectivity index (χ0) is 16.6. The Bertz CT molecular complexity index is 469. The predicted molar refractivity (Wildman–Crippen MR) is 88.0 cm³/mol. The molecule has 0 aromatic heterocycles. The molecule has 22 heavy (non-hydrogen) atoms. The molecule has 0 saturated carbocycles. The minimum atomic E-state index is -0.472. The van der Waals surface area contributed by atoms with Gasteiger partial charge in [0.05, 0.1) is 0 Å². The highest BCUT2D eigenvalue weighted by atomic mass is 16.6. The fraction of sp³-hybridized carbons (Fsp3) is 0.588. The third-order valence-corrected chi connectivity index (χ3v) is 3.13. The molecule has 1 unspecified atom stereocenters. The number of carbonyl (C=O) groups excluding carboxylic acids is 1. The Hall–Kier alpha value is -1.75. The SMILES string of the molecule is CCC(NCCCNC(=O)OC(C)(C)C)c1ccccc1O. The van der Waals surface area contributed by atoms with Crippen LogP contribution in [0.25, 0.3) is 0 Å². The molecule has 1 rings (SSSR count). The summed E-state index contributed by atoms with van der Waals surface area (Å²) in [5.41, 5.74) is 0.436. The van der Waals surface area contributed by atoms with Gasteiger partial charge in [-0.25, -0.2) is 4.79 Å². The first-order valence-corrected chi connectivity index (χ1v) is 7.81. The summed E-state index contributed by atoms with van der Waals surface area (Å²) in [7, 11) is 0. The summed E-state index contributed by atoms with van der Waals surface area (Å²) in [5.74, 6) is 0.314. The van der Waals surface area contributed by atoms with E-state index in [0.29, 0.717) is 12.3 Å². The second-order valence-corrected chi connectivity index (χ2v) is 6.26. The zero-order valence-corrected chi connectivity index (χ0v) is 14.0. The number of hydrogen-bond acceptors (Lipinski definition) is 4. The topological polar surface area (TPSA) is 70.6 Å². The first-order chi connectivity index (χ1) is 10.3. The third-order valence-electron chi connectivity index (χ3n) is 3.13. The van der Waals surface area contributed by atoms with E-state index in [4.69, 9.17) is 4.74 Å². The number of rotatable bonds is 7. The Kier molecular flexibility index (Phi) is 7.18. The molecule has 0 radical (unpaired) electrons. The molecule has 0 heterocycles. The van der Waals surface area contributed by atoms with Crippen molar-refractivity contribution in [1.29, 1.82) is 0 Å². The minimum Gasteiger partial charge on any atom is -0.508 e. The highest BCUT2D eigenvalue weighted by Crippen LogP contribution is 2.25. The summed E-state index contributed by atoms with van der Waals surface area (Å²) in [4.78, 5) is 11.5. The van der Waals surface area contributed by atoms with Gasteiger partial charge in [0, 0.05) is 18.2 Å². The van der Waals surface area contributed by atoms with Crippen LogP contribution in [0, 0.1) is 0 Å². The van der Waals surface area contributed by atoms with E-state index in [0.717, 1.165) is 24.9 Å². The van der Waals surface area contributed by atoms with Gasteiger partial charge in [-0.3, -0.25) is 0 Å². The lowest BCUT2D eigenvalue weighted by molar-refractivity contribution is 0.0527. The molecule has 5 nitrogen and oxygen atoms in total. The largest absolute Gasteiger partial charge is 0.508 e. The summed E-state index contributed by atoms with van der Waals surface area (Å²) in [6, 6.07) is 7.47. The van der Waals surface area contributed by atoms with E-state index in [1.165, 1.54) is 0 Å². The van der Waals surface area contributed by atoms with Crippen LogP contribution in [0.15, 0.2) is 24.3 Å². The zero-order valence-electron chi connectivity index (χ0n) is 14.0. The van der Waals surface area contributed by atoms with Gasteiger partial charge in [0.15, 0.2) is 0 Å². The molecule has 0 aliphatic carbocycles. The van der Waals surface area contributed by atoms with Crippen LogP contribution in [-0.2, 0) is 4.74 Å². The molecule has 124 valence electrons. The van der Waals surface area contributed by atoms with E-state index in [9.17, 15) is 9.90 Å². The number of nitrogens with one attached hydrogen (secondary N) is 2. The molecule has 0 spiro atoms. The van der Waals surface area contributed by atoms with Gasteiger partial charge in [0.2, 0.25) is 0 Å². The average Bonchev–Trinajstić information content (AvgIpc) is 2.42. The molecule has 1 aromatic carbocycles. The van der Waals surface area contributed by atoms with Crippen molar-refractivity contribution < 1.29 is 14.6 Å². The van der Waals surface area contributed by atoms with Crippen LogP contribution >= 0.6 is 0 Å². The van der Waals surface area contributed by atoms with Gasteiger partial charge < -0.3 is 20.5 Å². The van der Waals surface area contributed by atoms with E-state index < -0.39 is 5.60 Å². The van der Waals surface area contributed by atoms with Crippen LogP contribution in [0.1, 0.15) is 52.1 Å². The number of phenols is 1. The number of benzene rings is 1. The normalized spacial score (nSPS) is 12.7. The smallest absolute Gasteiger partial charge is 0.407 e. The quantitative estimate of drug-likeness (QED) is 0.676. The van der Waals surface area contributed by atoms with E-state index in [-0.39, 0.29) is 12.1 Å². The van der Waals surface area contributed by atoms with E-state index in [2.05, 4.69) is 17.6 Å². The molecule has 0 fully saturated rings. The van der Waals surface area contributed by atoms with Gasteiger partial charge in [0.1, 0.15) is 11.4 Å². The number of amides is 1. The van der Waals surface area contributed by atoms with Crippen LogP contribution < -0.4 is 10.6 Å². The Morgan fingerprint density at radius 1 is 1.27 bits per heavy atom. The fourth-order valence-corrected chi connectivity index (χ4v) is 2.13. The summed E-state index contributed by atoms with van der Waals surface area (Å²) in [6.45, 7) is 8.90. The molecule has 0 aliphatic heterocycles. The van der Waals surface area contributed by atoms with Crippen molar-refractivity contribution >= 4 is 6.09 Å². The van der Waals surface area contributed by atoms with Gasteiger partial charge in [-0.1, -0.05) is 25.1 Å². The van der Waals surface area contributed by atoms with Crippen LogP contribution in [0.3, 0.4) is 0 Å². The van der Waals surface area contributed by atoms with E-state index in [1.54, 1.807) is 6.07 Å². The third kappa shape index (κ3) is 6.80. The van der Waals surface area contributed by atoms with Crippen LogP contribution in [-0.4, -0.2) is 29.9 Å². The van der Waals surface area contributed by atoms with Crippen LogP contribution in [0.5, 0.6) is 5.75 Å². The van der Waals surface area contributed by atoms with Crippen molar-refractivity contribution in [2.24, 2.45) is 0 Å². The lowest BCUT2D eigenvalue weighted by Crippen LogP contribution is -2.34. The number of alkyl carbamates (subject to hydrolysis) is 1. The Morgan fingerprint density at radius 2 is 1.95 bits per heavy atom. The molecular weight excluding hydrogens is 280 g/mol. The second kappa shape index (κ2) is 8.63. The van der Waals surface area contributed by atoms with Gasteiger partial charge >= 0.3 is 6.09 Å².